The predicted molar refractivity (Wildman–Crippen MR) is 75.0 cm³/mol. The molecule has 0 bridgehead atoms. The normalized spacial score (nSPS) is 11.9. The van der Waals surface area contributed by atoms with Crippen molar-refractivity contribution in [3.8, 4) is 5.75 Å². The monoisotopic (exact) mass is 284 g/mol. The SMILES string of the molecule is COC(=O)[C@@H](Cl)Cc1cn(C)c2ccc(O)cc12.N. The van der Waals surface area contributed by atoms with E-state index in [0.29, 0.717) is 6.42 Å². The van der Waals surface area contributed by atoms with Crippen molar-refractivity contribution >= 4 is 28.5 Å². The molecule has 104 valence electrons. The molecule has 0 aliphatic carbocycles. The molecular formula is C13H17ClN2O3. The van der Waals surface area contributed by atoms with Gasteiger partial charge in [-0.25, -0.2) is 0 Å². The van der Waals surface area contributed by atoms with Crippen LogP contribution in [0.5, 0.6) is 5.75 Å². The number of aryl methyl sites for hydroxylation is 1. The van der Waals surface area contributed by atoms with Crippen LogP contribution < -0.4 is 6.15 Å². The van der Waals surface area contributed by atoms with E-state index in [1.807, 2.05) is 23.9 Å². The Balaban J connectivity index is 0.00000180. The van der Waals surface area contributed by atoms with Crippen LogP contribution >= 0.6 is 11.6 Å². The Morgan fingerprint density at radius 2 is 2.21 bits per heavy atom. The van der Waals surface area contributed by atoms with Crippen LogP contribution in [0, 0.1) is 0 Å². The van der Waals surface area contributed by atoms with Crippen molar-refractivity contribution in [3.05, 3.63) is 30.0 Å². The molecule has 0 fully saturated rings. The van der Waals surface area contributed by atoms with Gasteiger partial charge in [0.15, 0.2) is 0 Å². The van der Waals surface area contributed by atoms with E-state index in [0.717, 1.165) is 16.5 Å². The van der Waals surface area contributed by atoms with Crippen LogP contribution in [0.3, 0.4) is 0 Å². The van der Waals surface area contributed by atoms with E-state index in [1.165, 1.54) is 7.11 Å². The zero-order valence-electron chi connectivity index (χ0n) is 10.9. The maximum Gasteiger partial charge on any atom is 0.324 e. The Labute approximate surface area is 116 Å². The van der Waals surface area contributed by atoms with Crippen molar-refractivity contribution in [2.24, 2.45) is 7.05 Å². The summed E-state index contributed by atoms with van der Waals surface area (Å²) in [5.41, 5.74) is 1.89. The molecule has 0 aliphatic heterocycles. The summed E-state index contributed by atoms with van der Waals surface area (Å²) >= 11 is 5.97. The Bertz CT molecular complexity index is 595. The van der Waals surface area contributed by atoms with E-state index in [4.69, 9.17) is 11.6 Å². The highest BCUT2D eigenvalue weighted by Gasteiger charge is 2.19. The number of carbonyl (C=O) groups excluding carboxylic acids is 1. The number of halogens is 1. The lowest BCUT2D eigenvalue weighted by Gasteiger charge is -2.06. The molecular weight excluding hydrogens is 268 g/mol. The fourth-order valence-corrected chi connectivity index (χ4v) is 2.28. The Kier molecular flexibility index (Phi) is 4.80. The topological polar surface area (TPSA) is 86.5 Å². The summed E-state index contributed by atoms with van der Waals surface area (Å²) in [6.45, 7) is 0. The highest BCUT2D eigenvalue weighted by molar-refractivity contribution is 6.30. The first-order chi connectivity index (χ1) is 8.52. The van der Waals surface area contributed by atoms with Gasteiger partial charge >= 0.3 is 5.97 Å². The predicted octanol–water partition coefficient (Wildman–Crippen LogP) is 2.37. The van der Waals surface area contributed by atoms with Crippen LogP contribution in [-0.2, 0) is 23.0 Å². The van der Waals surface area contributed by atoms with Crippen LogP contribution in [0.4, 0.5) is 0 Å². The van der Waals surface area contributed by atoms with Gasteiger partial charge in [-0.3, -0.25) is 4.79 Å². The molecule has 1 aromatic heterocycles. The number of hydrogen-bond acceptors (Lipinski definition) is 4. The maximum absolute atomic E-state index is 11.3. The van der Waals surface area contributed by atoms with Gasteiger partial charge in [0, 0.05) is 30.6 Å². The highest BCUT2D eigenvalue weighted by atomic mass is 35.5. The van der Waals surface area contributed by atoms with Crippen molar-refractivity contribution in [3.63, 3.8) is 0 Å². The molecule has 0 spiro atoms. The van der Waals surface area contributed by atoms with E-state index in [1.54, 1.807) is 12.1 Å². The zero-order chi connectivity index (χ0) is 13.3. The zero-order valence-corrected chi connectivity index (χ0v) is 11.6. The summed E-state index contributed by atoms with van der Waals surface area (Å²) in [5, 5.41) is 9.70. The van der Waals surface area contributed by atoms with Gasteiger partial charge < -0.3 is 20.6 Å². The number of nitrogens with zero attached hydrogens (tertiary/aromatic N) is 1. The van der Waals surface area contributed by atoms with Crippen molar-refractivity contribution < 1.29 is 14.6 Å². The molecule has 0 unspecified atom stereocenters. The van der Waals surface area contributed by atoms with Crippen molar-refractivity contribution in [1.29, 1.82) is 0 Å². The highest BCUT2D eigenvalue weighted by Crippen LogP contribution is 2.26. The summed E-state index contributed by atoms with van der Waals surface area (Å²) in [5.74, 6) is -0.257. The quantitative estimate of drug-likeness (QED) is 0.669. The average molecular weight is 285 g/mol. The minimum Gasteiger partial charge on any atom is -0.508 e. The number of rotatable bonds is 3. The first kappa shape index (κ1) is 15.3. The molecule has 2 rings (SSSR count). The van der Waals surface area contributed by atoms with Gasteiger partial charge in [-0.2, -0.15) is 0 Å². The molecule has 1 heterocycles. The van der Waals surface area contributed by atoms with E-state index >= 15 is 0 Å². The van der Waals surface area contributed by atoms with Crippen molar-refractivity contribution in [1.82, 2.24) is 10.7 Å². The standard InChI is InChI=1S/C13H14ClNO3.H3N/c1-15-7-8(5-11(14)13(17)18-2)10-6-9(16)3-4-12(10)15;/h3-4,6-7,11,16H,5H2,1-2H3;1H3/t11-;/m0./s1. The van der Waals surface area contributed by atoms with Crippen LogP contribution in [0.2, 0.25) is 0 Å². The lowest BCUT2D eigenvalue weighted by molar-refractivity contribution is -0.140. The number of phenolic OH excluding ortho intramolecular Hbond substituents is 1. The molecule has 6 heteroatoms. The lowest BCUT2D eigenvalue weighted by atomic mass is 10.1. The number of aromatic hydroxyl groups is 1. The summed E-state index contributed by atoms with van der Waals surface area (Å²) in [6, 6.07) is 5.13. The number of methoxy groups -OCH3 is 1. The Morgan fingerprint density at radius 3 is 2.84 bits per heavy atom. The third-order valence-corrected chi connectivity index (χ3v) is 3.24. The molecule has 0 radical (unpaired) electrons. The molecule has 1 aromatic carbocycles. The first-order valence-corrected chi connectivity index (χ1v) is 5.95. The van der Waals surface area contributed by atoms with Gasteiger partial charge in [0.1, 0.15) is 11.1 Å². The minimum absolute atomic E-state index is 0. The molecule has 19 heavy (non-hydrogen) atoms. The minimum atomic E-state index is -0.719. The fourth-order valence-electron chi connectivity index (χ4n) is 2.03. The molecule has 0 aliphatic rings. The molecule has 5 nitrogen and oxygen atoms in total. The summed E-state index contributed by atoms with van der Waals surface area (Å²) < 4.78 is 6.54. The fraction of sp³-hybridized carbons (Fsp3) is 0.308. The molecule has 1 atom stereocenters. The smallest absolute Gasteiger partial charge is 0.324 e. The van der Waals surface area contributed by atoms with Gasteiger partial charge in [0.2, 0.25) is 0 Å². The Morgan fingerprint density at radius 1 is 1.53 bits per heavy atom. The molecule has 0 saturated carbocycles. The molecule has 0 saturated heterocycles. The number of hydrogen-bond donors (Lipinski definition) is 2. The second-order valence-electron chi connectivity index (χ2n) is 4.16. The van der Waals surface area contributed by atoms with Crippen molar-refractivity contribution in [2.45, 2.75) is 11.8 Å². The largest absolute Gasteiger partial charge is 0.508 e. The summed E-state index contributed by atoms with van der Waals surface area (Å²) in [4.78, 5) is 11.3. The third-order valence-electron chi connectivity index (χ3n) is 2.91. The van der Waals surface area contributed by atoms with Gasteiger partial charge in [0.25, 0.3) is 0 Å². The first-order valence-electron chi connectivity index (χ1n) is 5.51. The van der Waals surface area contributed by atoms with E-state index < -0.39 is 11.3 Å². The van der Waals surface area contributed by atoms with E-state index in [-0.39, 0.29) is 11.9 Å². The number of fused-ring (bicyclic) bond motifs is 1. The van der Waals surface area contributed by atoms with Crippen LogP contribution in [-0.4, -0.2) is 28.1 Å². The van der Waals surface area contributed by atoms with E-state index in [2.05, 4.69) is 4.74 Å². The number of alkyl halides is 1. The number of esters is 1. The van der Waals surface area contributed by atoms with Gasteiger partial charge in [-0.05, 0) is 23.8 Å². The molecule has 0 amide bonds. The number of phenols is 1. The molecule has 2 aromatic rings. The third kappa shape index (κ3) is 3.00. The maximum atomic E-state index is 11.3. The van der Waals surface area contributed by atoms with Crippen LogP contribution in [0.25, 0.3) is 10.9 Å². The van der Waals surface area contributed by atoms with Gasteiger partial charge in [0.05, 0.1) is 7.11 Å². The number of carbonyl (C=O) groups is 1. The average Bonchev–Trinajstić information content (AvgIpc) is 2.64. The van der Waals surface area contributed by atoms with Crippen LogP contribution in [0.15, 0.2) is 24.4 Å². The van der Waals surface area contributed by atoms with Gasteiger partial charge in [-0.1, -0.05) is 0 Å². The summed E-state index contributed by atoms with van der Waals surface area (Å²) in [7, 11) is 3.22. The van der Waals surface area contributed by atoms with Gasteiger partial charge in [-0.15, -0.1) is 11.6 Å². The molecule has 4 N–H and O–H groups in total. The number of ether oxygens (including phenoxy) is 1. The summed E-state index contributed by atoms with van der Waals surface area (Å²) in [6.07, 6.45) is 2.28. The number of aromatic nitrogens is 1. The lowest BCUT2D eigenvalue weighted by Crippen LogP contribution is -2.18. The Hall–Kier alpha value is -1.72. The van der Waals surface area contributed by atoms with Crippen LogP contribution in [0.1, 0.15) is 5.56 Å². The van der Waals surface area contributed by atoms with Crippen molar-refractivity contribution in [2.75, 3.05) is 7.11 Å². The van der Waals surface area contributed by atoms with E-state index in [9.17, 15) is 9.90 Å². The second-order valence-corrected chi connectivity index (χ2v) is 4.69. The second kappa shape index (κ2) is 5.95. The number of benzene rings is 1.